The number of carbonyl (C=O) groups excluding carboxylic acids is 2. The molecule has 0 aliphatic carbocycles. The van der Waals surface area contributed by atoms with E-state index in [-0.39, 0.29) is 24.7 Å². The fourth-order valence-electron chi connectivity index (χ4n) is 5.03. The van der Waals surface area contributed by atoms with Gasteiger partial charge in [0.05, 0.1) is 31.4 Å². The van der Waals surface area contributed by atoms with Gasteiger partial charge in [0.1, 0.15) is 28.6 Å². The molecule has 2 aliphatic heterocycles. The normalized spacial score (nSPS) is 29.1. The third-order valence-corrected chi connectivity index (χ3v) is 8.49. The number of aliphatic hydroxyl groups is 2. The van der Waals surface area contributed by atoms with Crippen LogP contribution in [0.3, 0.4) is 0 Å². The van der Waals surface area contributed by atoms with E-state index < -0.39 is 41.8 Å². The molecule has 3 N–H and O–H groups in total. The standard InChI is InChI=1S/C28H41ClN2O8/c1-9-15(2)10-18-11-19(24(29)20(12-18)37-8)31(6)23(33)13-22(32)27(5)25(39-27)16(3)21-14-28(35,17(4)36-7)30-26(34)38-21/h9,11-12,16-17,21-22,25,32,35H,10,13-14H2,1-8H3,(H,30,34)/b15-9+. The molecule has 0 radical (unpaired) electrons. The zero-order chi connectivity index (χ0) is 29.3. The van der Waals surface area contributed by atoms with Gasteiger partial charge in [0.25, 0.3) is 0 Å². The first-order chi connectivity index (χ1) is 18.2. The summed E-state index contributed by atoms with van der Waals surface area (Å²) in [7, 11) is 4.56. The van der Waals surface area contributed by atoms with Crippen molar-refractivity contribution in [2.24, 2.45) is 5.92 Å². The van der Waals surface area contributed by atoms with E-state index in [0.717, 1.165) is 11.1 Å². The number of halogens is 1. The molecule has 2 saturated heterocycles. The lowest BCUT2D eigenvalue weighted by atomic mass is 9.84. The Hall–Kier alpha value is -2.37. The highest BCUT2D eigenvalue weighted by Gasteiger charge is 2.62. The molecule has 7 unspecified atom stereocenters. The minimum absolute atomic E-state index is 0.0754. The van der Waals surface area contributed by atoms with Crippen LogP contribution in [0.25, 0.3) is 0 Å². The molecule has 218 valence electrons. The van der Waals surface area contributed by atoms with Crippen molar-refractivity contribution in [3.05, 3.63) is 34.4 Å². The van der Waals surface area contributed by atoms with Gasteiger partial charge in [-0.3, -0.25) is 10.1 Å². The summed E-state index contributed by atoms with van der Waals surface area (Å²) in [5, 5.41) is 24.7. The first-order valence-corrected chi connectivity index (χ1v) is 13.4. The second-order valence-electron chi connectivity index (χ2n) is 10.8. The summed E-state index contributed by atoms with van der Waals surface area (Å²) >= 11 is 6.55. The zero-order valence-electron chi connectivity index (χ0n) is 23.9. The van der Waals surface area contributed by atoms with E-state index in [1.807, 2.05) is 39.0 Å². The van der Waals surface area contributed by atoms with E-state index in [4.69, 9.17) is 30.5 Å². The molecular formula is C28H41ClN2O8. The van der Waals surface area contributed by atoms with Gasteiger partial charge in [0.2, 0.25) is 5.91 Å². The van der Waals surface area contributed by atoms with Gasteiger partial charge < -0.3 is 34.1 Å². The number of epoxide rings is 1. The van der Waals surface area contributed by atoms with E-state index in [0.29, 0.717) is 22.9 Å². The number of hydrogen-bond donors (Lipinski definition) is 3. The molecule has 10 nitrogen and oxygen atoms in total. The molecule has 3 rings (SSSR count). The number of benzene rings is 1. The van der Waals surface area contributed by atoms with Crippen LogP contribution in [0, 0.1) is 5.92 Å². The maximum atomic E-state index is 13.3. The predicted molar refractivity (Wildman–Crippen MR) is 147 cm³/mol. The van der Waals surface area contributed by atoms with E-state index in [2.05, 4.69) is 5.32 Å². The number of nitrogens with one attached hydrogen (secondary N) is 1. The minimum atomic E-state index is -1.61. The maximum absolute atomic E-state index is 13.3. The van der Waals surface area contributed by atoms with E-state index in [9.17, 15) is 19.8 Å². The molecule has 2 amide bonds. The van der Waals surface area contributed by atoms with E-state index in [1.165, 1.54) is 19.1 Å². The molecule has 0 spiro atoms. The first kappa shape index (κ1) is 31.2. The quantitative estimate of drug-likeness (QED) is 0.273. The summed E-state index contributed by atoms with van der Waals surface area (Å²) < 4.78 is 22.0. The Morgan fingerprint density at radius 1 is 1.36 bits per heavy atom. The molecule has 0 bridgehead atoms. The third kappa shape index (κ3) is 6.52. The Kier molecular flexibility index (Phi) is 9.60. The Morgan fingerprint density at radius 3 is 2.62 bits per heavy atom. The first-order valence-electron chi connectivity index (χ1n) is 13.0. The number of anilines is 1. The molecule has 7 atom stereocenters. The third-order valence-electron chi connectivity index (χ3n) is 8.11. The average Bonchev–Trinajstić information content (AvgIpc) is 3.60. The summed E-state index contributed by atoms with van der Waals surface area (Å²) in [6.07, 6.45) is -1.21. The van der Waals surface area contributed by atoms with Crippen LogP contribution in [-0.2, 0) is 25.4 Å². The number of methoxy groups -OCH3 is 2. The summed E-state index contributed by atoms with van der Waals surface area (Å²) in [5.41, 5.74) is -0.0702. The van der Waals surface area contributed by atoms with Gasteiger partial charge >= 0.3 is 6.09 Å². The molecule has 2 fully saturated rings. The van der Waals surface area contributed by atoms with Gasteiger partial charge in [0, 0.05) is 26.5 Å². The number of ether oxygens (including phenoxy) is 4. The highest BCUT2D eigenvalue weighted by molar-refractivity contribution is 6.35. The monoisotopic (exact) mass is 568 g/mol. The molecule has 0 saturated carbocycles. The fraction of sp³-hybridized carbons (Fsp3) is 0.643. The maximum Gasteiger partial charge on any atom is 0.409 e. The minimum Gasteiger partial charge on any atom is -0.495 e. The summed E-state index contributed by atoms with van der Waals surface area (Å²) in [5.74, 6) is -0.269. The number of nitrogens with zero attached hydrogens (tertiary/aromatic N) is 1. The van der Waals surface area contributed by atoms with Crippen molar-refractivity contribution in [1.82, 2.24) is 5.32 Å². The van der Waals surface area contributed by atoms with Crippen LogP contribution in [0.1, 0.15) is 53.0 Å². The average molecular weight is 569 g/mol. The van der Waals surface area contributed by atoms with Crippen LogP contribution in [0.15, 0.2) is 23.8 Å². The van der Waals surface area contributed by atoms with Gasteiger partial charge in [-0.2, -0.15) is 0 Å². The number of hydrogen-bond acceptors (Lipinski definition) is 8. The van der Waals surface area contributed by atoms with Crippen molar-refractivity contribution in [3.63, 3.8) is 0 Å². The Bertz CT molecular complexity index is 1110. The van der Waals surface area contributed by atoms with Gasteiger partial charge in [0.15, 0.2) is 5.72 Å². The SMILES string of the molecule is C/C=C(\C)Cc1cc(OC)c(Cl)c(N(C)C(=O)CC(O)C2(C)OC2C(C)C2CC(O)(C(C)OC)NC(=O)O2)c1. The molecule has 2 aliphatic rings. The predicted octanol–water partition coefficient (Wildman–Crippen LogP) is 3.59. The summed E-state index contributed by atoms with van der Waals surface area (Å²) in [6.45, 7) is 9.17. The molecule has 1 aromatic carbocycles. The lowest BCUT2D eigenvalue weighted by Crippen LogP contribution is -2.63. The summed E-state index contributed by atoms with van der Waals surface area (Å²) in [6, 6.07) is 3.69. The van der Waals surface area contributed by atoms with Crippen LogP contribution in [0.2, 0.25) is 5.02 Å². The van der Waals surface area contributed by atoms with Crippen LogP contribution in [0.4, 0.5) is 10.5 Å². The number of amides is 2. The van der Waals surface area contributed by atoms with Crippen molar-refractivity contribution in [1.29, 1.82) is 0 Å². The number of aliphatic hydroxyl groups excluding tert-OH is 1. The Morgan fingerprint density at radius 2 is 2.03 bits per heavy atom. The molecule has 39 heavy (non-hydrogen) atoms. The summed E-state index contributed by atoms with van der Waals surface area (Å²) in [4.78, 5) is 26.8. The molecule has 1 aromatic rings. The van der Waals surface area contributed by atoms with Crippen molar-refractivity contribution < 1.29 is 38.7 Å². The van der Waals surface area contributed by atoms with Gasteiger partial charge in [-0.05, 0) is 51.8 Å². The number of allylic oxidation sites excluding steroid dienone is 2. The fourth-order valence-corrected chi connectivity index (χ4v) is 5.34. The van der Waals surface area contributed by atoms with Crippen molar-refractivity contribution in [3.8, 4) is 5.75 Å². The van der Waals surface area contributed by atoms with E-state index in [1.54, 1.807) is 20.9 Å². The lowest BCUT2D eigenvalue weighted by Gasteiger charge is -2.41. The molecule has 2 heterocycles. The van der Waals surface area contributed by atoms with Gasteiger partial charge in [-0.25, -0.2) is 4.79 Å². The number of alkyl carbamates (subject to hydrolysis) is 1. The number of carbonyl (C=O) groups is 2. The topological polar surface area (TPSA) is 130 Å². The molecule has 0 aromatic heterocycles. The van der Waals surface area contributed by atoms with Crippen LogP contribution >= 0.6 is 11.6 Å². The Balaban J connectivity index is 1.71. The van der Waals surface area contributed by atoms with Crippen molar-refractivity contribution in [2.75, 3.05) is 26.2 Å². The molecule has 11 heteroatoms. The number of cyclic esters (lactones) is 1. The van der Waals surface area contributed by atoms with Crippen molar-refractivity contribution in [2.45, 2.75) is 89.6 Å². The zero-order valence-corrected chi connectivity index (χ0v) is 24.7. The van der Waals surface area contributed by atoms with Crippen molar-refractivity contribution >= 4 is 29.3 Å². The van der Waals surface area contributed by atoms with Gasteiger partial charge in [-0.15, -0.1) is 0 Å². The number of rotatable bonds is 11. The highest BCUT2D eigenvalue weighted by atomic mass is 35.5. The second kappa shape index (κ2) is 12.0. The Labute approximate surface area is 235 Å². The smallest absolute Gasteiger partial charge is 0.409 e. The van der Waals surface area contributed by atoms with Crippen LogP contribution < -0.4 is 15.0 Å². The highest BCUT2D eigenvalue weighted by Crippen LogP contribution is 2.48. The van der Waals surface area contributed by atoms with Gasteiger partial charge in [-0.1, -0.05) is 30.2 Å². The largest absolute Gasteiger partial charge is 0.495 e. The van der Waals surface area contributed by atoms with Crippen LogP contribution in [0.5, 0.6) is 5.75 Å². The second-order valence-corrected chi connectivity index (χ2v) is 11.2. The van der Waals surface area contributed by atoms with Crippen LogP contribution in [-0.4, -0.2) is 79.2 Å². The molecular weight excluding hydrogens is 528 g/mol. The lowest BCUT2D eigenvalue weighted by molar-refractivity contribution is -0.151. The van der Waals surface area contributed by atoms with E-state index >= 15 is 0 Å².